The molecule has 2 heterocycles. The maximum atomic E-state index is 11.9. The van der Waals surface area contributed by atoms with Crippen LogP contribution in [-0.2, 0) is 9.53 Å². The summed E-state index contributed by atoms with van der Waals surface area (Å²) in [6.45, 7) is 1.75. The molecule has 24 heavy (non-hydrogen) atoms. The number of fused-ring (bicyclic) bond motifs is 1. The molecule has 0 aliphatic heterocycles. The Morgan fingerprint density at radius 2 is 2.00 bits per heavy atom. The Morgan fingerprint density at radius 3 is 2.75 bits per heavy atom. The molecule has 0 aliphatic rings. The monoisotopic (exact) mass is 377 g/mol. The van der Waals surface area contributed by atoms with Crippen molar-refractivity contribution >= 4 is 56.4 Å². The summed E-state index contributed by atoms with van der Waals surface area (Å²) in [7, 11) is 0. The van der Waals surface area contributed by atoms with Gasteiger partial charge in [-0.3, -0.25) is 9.59 Å². The quantitative estimate of drug-likeness (QED) is 0.343. The van der Waals surface area contributed by atoms with Gasteiger partial charge in [0.2, 0.25) is 5.78 Å². The second-order valence-electron chi connectivity index (χ2n) is 5.04. The molecule has 4 nitrogen and oxygen atoms in total. The zero-order valence-electron chi connectivity index (χ0n) is 13.0. The zero-order valence-corrected chi connectivity index (χ0v) is 15.4. The largest absolute Gasteiger partial charge is 0.457 e. The number of ether oxygens (including phenoxy) is 1. The molecule has 3 rings (SSSR count). The topological polar surface area (TPSA) is 56.3 Å². The van der Waals surface area contributed by atoms with Crippen molar-refractivity contribution in [1.82, 2.24) is 4.98 Å². The number of hydrogen-bond donors (Lipinski definition) is 0. The van der Waals surface area contributed by atoms with Crippen LogP contribution in [0, 0.1) is 6.92 Å². The third kappa shape index (κ3) is 4.43. The molecule has 0 bridgehead atoms. The molecular formula is C17H15NO3S3. The Morgan fingerprint density at radius 1 is 1.17 bits per heavy atom. The lowest BCUT2D eigenvalue weighted by Gasteiger charge is -2.02. The van der Waals surface area contributed by atoms with E-state index in [9.17, 15) is 9.59 Å². The molecule has 7 heteroatoms. The molecule has 0 aliphatic carbocycles. The molecule has 0 saturated carbocycles. The predicted molar refractivity (Wildman–Crippen MR) is 99.3 cm³/mol. The predicted octanol–water partition coefficient (Wildman–Crippen LogP) is 4.57. The summed E-state index contributed by atoms with van der Waals surface area (Å²) in [5.74, 6) is 0.0795. The molecule has 0 radical (unpaired) electrons. The Kier molecular flexibility index (Phi) is 5.65. The zero-order chi connectivity index (χ0) is 16.9. The van der Waals surface area contributed by atoms with Crippen molar-refractivity contribution in [1.29, 1.82) is 0 Å². The fourth-order valence-electron chi connectivity index (χ4n) is 2.01. The van der Waals surface area contributed by atoms with Crippen molar-refractivity contribution in [3.8, 4) is 0 Å². The van der Waals surface area contributed by atoms with Gasteiger partial charge in [0.1, 0.15) is 0 Å². The van der Waals surface area contributed by atoms with Crippen LogP contribution in [0.25, 0.3) is 10.2 Å². The summed E-state index contributed by atoms with van der Waals surface area (Å²) in [5.41, 5.74) is 0.976. The molecule has 3 aromatic rings. The van der Waals surface area contributed by atoms with Crippen LogP contribution in [0.2, 0.25) is 0 Å². The van der Waals surface area contributed by atoms with Crippen LogP contribution in [0.3, 0.4) is 0 Å². The van der Waals surface area contributed by atoms with Gasteiger partial charge in [0.05, 0.1) is 21.5 Å². The van der Waals surface area contributed by atoms with E-state index in [0.29, 0.717) is 10.6 Å². The first-order chi connectivity index (χ1) is 11.6. The van der Waals surface area contributed by atoms with Gasteiger partial charge in [-0.05, 0) is 31.2 Å². The Bertz CT molecular complexity index is 836. The number of benzene rings is 1. The lowest BCUT2D eigenvalue weighted by Crippen LogP contribution is -2.13. The van der Waals surface area contributed by atoms with Gasteiger partial charge in [0, 0.05) is 10.6 Å². The molecule has 2 aromatic heterocycles. The van der Waals surface area contributed by atoms with Gasteiger partial charge >= 0.3 is 5.97 Å². The lowest BCUT2D eigenvalue weighted by atomic mass is 10.3. The highest BCUT2D eigenvalue weighted by molar-refractivity contribution is 8.01. The highest BCUT2D eigenvalue weighted by atomic mass is 32.2. The van der Waals surface area contributed by atoms with E-state index in [2.05, 4.69) is 4.98 Å². The maximum Gasteiger partial charge on any atom is 0.307 e. The summed E-state index contributed by atoms with van der Waals surface area (Å²) in [6, 6.07) is 11.6. The first-order valence-corrected chi connectivity index (χ1v) is 9.97. The molecule has 1 aromatic carbocycles. The molecule has 0 atom stereocenters. The van der Waals surface area contributed by atoms with Crippen LogP contribution >= 0.6 is 34.4 Å². The molecule has 0 N–H and O–H groups in total. The van der Waals surface area contributed by atoms with Crippen molar-refractivity contribution in [2.45, 2.75) is 17.7 Å². The summed E-state index contributed by atoms with van der Waals surface area (Å²) in [5, 5.41) is 0. The van der Waals surface area contributed by atoms with Crippen LogP contribution in [0.5, 0.6) is 0 Å². The van der Waals surface area contributed by atoms with E-state index in [4.69, 9.17) is 4.74 Å². The van der Waals surface area contributed by atoms with E-state index in [1.807, 2.05) is 37.3 Å². The summed E-state index contributed by atoms with van der Waals surface area (Å²) in [6.07, 6.45) is 0.261. The Hall–Kier alpha value is -1.70. The van der Waals surface area contributed by atoms with E-state index >= 15 is 0 Å². The van der Waals surface area contributed by atoms with Gasteiger partial charge in [0.15, 0.2) is 10.9 Å². The second kappa shape index (κ2) is 7.92. The highest BCUT2D eigenvalue weighted by Crippen LogP contribution is 2.29. The van der Waals surface area contributed by atoms with Crippen LogP contribution in [-0.4, -0.2) is 29.1 Å². The van der Waals surface area contributed by atoms with Crippen LogP contribution in [0.4, 0.5) is 0 Å². The molecule has 0 unspecified atom stereocenters. The number of nitrogens with zero attached hydrogens (tertiary/aromatic N) is 1. The molecule has 0 saturated heterocycles. The minimum Gasteiger partial charge on any atom is -0.457 e. The third-order valence-corrected chi connectivity index (χ3v) is 6.41. The minimum atomic E-state index is -0.356. The van der Waals surface area contributed by atoms with E-state index in [0.717, 1.165) is 19.4 Å². The molecule has 0 fully saturated rings. The Labute approximate surface area is 151 Å². The number of ketones is 1. The van der Waals surface area contributed by atoms with Gasteiger partial charge < -0.3 is 4.74 Å². The van der Waals surface area contributed by atoms with E-state index in [1.165, 1.54) is 23.1 Å². The SMILES string of the molecule is Cc1ccc(C(=O)COC(=O)CCSc2nc3ccccc3s2)s1. The average molecular weight is 378 g/mol. The second-order valence-corrected chi connectivity index (χ2v) is 8.70. The van der Waals surface area contributed by atoms with Crippen LogP contribution in [0.15, 0.2) is 40.7 Å². The van der Waals surface area contributed by atoms with E-state index in [1.54, 1.807) is 17.4 Å². The van der Waals surface area contributed by atoms with Gasteiger partial charge in [-0.1, -0.05) is 23.9 Å². The number of para-hydroxylation sites is 1. The van der Waals surface area contributed by atoms with Gasteiger partial charge in [-0.2, -0.15) is 0 Å². The van der Waals surface area contributed by atoms with Crippen LogP contribution < -0.4 is 0 Å². The summed E-state index contributed by atoms with van der Waals surface area (Å²) in [4.78, 5) is 29.8. The molecule has 0 amide bonds. The van der Waals surface area contributed by atoms with Gasteiger partial charge in [-0.15, -0.1) is 22.7 Å². The number of aromatic nitrogens is 1. The molecule has 124 valence electrons. The standard InChI is InChI=1S/C17H15NO3S3/c1-11-6-7-15(23-11)13(19)10-21-16(20)8-9-22-17-18-12-4-2-3-5-14(12)24-17/h2-7H,8-10H2,1H3. The van der Waals surface area contributed by atoms with E-state index in [-0.39, 0.29) is 24.8 Å². The Balaban J connectivity index is 1.41. The van der Waals surface area contributed by atoms with Gasteiger partial charge in [0.25, 0.3) is 0 Å². The summed E-state index contributed by atoms with van der Waals surface area (Å²) >= 11 is 4.56. The first kappa shape index (κ1) is 17.1. The number of carbonyl (C=O) groups is 2. The third-order valence-electron chi connectivity index (χ3n) is 3.19. The number of Topliss-reactive ketones (excluding diaryl/α,β-unsaturated/α-hetero) is 1. The number of thiazole rings is 1. The lowest BCUT2D eigenvalue weighted by molar-refractivity contribution is -0.141. The number of carbonyl (C=O) groups excluding carboxylic acids is 2. The maximum absolute atomic E-state index is 11.9. The van der Waals surface area contributed by atoms with Crippen molar-refractivity contribution in [3.63, 3.8) is 0 Å². The normalized spacial score (nSPS) is 10.9. The minimum absolute atomic E-state index is 0.153. The number of hydrogen-bond acceptors (Lipinski definition) is 7. The van der Waals surface area contributed by atoms with Crippen LogP contribution in [0.1, 0.15) is 21.0 Å². The summed E-state index contributed by atoms with van der Waals surface area (Å²) < 4.78 is 7.13. The fraction of sp³-hybridized carbons (Fsp3) is 0.235. The number of esters is 1. The van der Waals surface area contributed by atoms with Crippen molar-refractivity contribution in [2.24, 2.45) is 0 Å². The fourth-order valence-corrected chi connectivity index (χ4v) is 4.86. The first-order valence-electron chi connectivity index (χ1n) is 7.35. The van der Waals surface area contributed by atoms with E-state index < -0.39 is 0 Å². The molecular weight excluding hydrogens is 362 g/mol. The van der Waals surface area contributed by atoms with Gasteiger partial charge in [-0.25, -0.2) is 4.98 Å². The highest BCUT2D eigenvalue weighted by Gasteiger charge is 2.12. The number of thiophene rings is 1. The number of thioether (sulfide) groups is 1. The molecule has 0 spiro atoms. The van der Waals surface area contributed by atoms with Crippen molar-refractivity contribution < 1.29 is 14.3 Å². The number of rotatable bonds is 7. The average Bonchev–Trinajstić information content (AvgIpc) is 3.18. The number of aryl methyl sites for hydroxylation is 1. The van der Waals surface area contributed by atoms with Crippen molar-refractivity contribution in [3.05, 3.63) is 46.2 Å². The van der Waals surface area contributed by atoms with Crippen molar-refractivity contribution in [2.75, 3.05) is 12.4 Å². The smallest absolute Gasteiger partial charge is 0.307 e.